The van der Waals surface area contributed by atoms with Gasteiger partial charge in [-0.2, -0.15) is 0 Å². The molecule has 11 amide bonds. The Morgan fingerprint density at radius 1 is 0.500 bits per heavy atom. The Hall–Kier alpha value is -6.21. The number of amides is 11. The largest absolute Gasteiger partial charge is 0.391 e. The molecule has 9 N–H and O–H groups in total. The standard InChI is InChI=1S/C63H113N11O14/c1-24-25-26-40(16)52(77)51-57(82)68-49(42(18)75)60(85)70(19)32-48(76)65-43(27-33(2)3)54(79)66-44(28-34(4)5)58(83)71(20)46(30-36(8)9)55(80)64-41(17)53(78)69-63(88,39(14)15)62(87)72(21)47(31-37(10)11)56(81)67-45(29-35(6)7)59(84)73(22)50(38(12)13)61(86)74(51)23/h24-25,33-47,49-52,75,77,88H,26-32H2,1-23H3,(H,64,80)(H,65,76)(H,66,79)(H,67,81)(H,68,82)(H,69,78)/b25-24+/t40-,41+,42-,43+,44+,45+,46-,47+,49+,50+,51+,52-,63+/m1/s1. The minimum absolute atomic E-state index is 0.00769. The summed E-state index contributed by atoms with van der Waals surface area (Å²) in [7, 11) is 6.52. The van der Waals surface area contributed by atoms with Gasteiger partial charge >= 0.3 is 0 Å². The van der Waals surface area contributed by atoms with Crippen molar-refractivity contribution < 1.29 is 68.1 Å². The Balaban J connectivity index is 4.41. The van der Waals surface area contributed by atoms with Crippen molar-refractivity contribution in [3.8, 4) is 0 Å². The van der Waals surface area contributed by atoms with Gasteiger partial charge in [0.1, 0.15) is 54.4 Å². The van der Waals surface area contributed by atoms with E-state index in [1.165, 1.54) is 67.8 Å². The van der Waals surface area contributed by atoms with Crippen LogP contribution in [0.3, 0.4) is 0 Å². The highest BCUT2D eigenvalue weighted by molar-refractivity contribution is 6.00. The molecule has 0 spiro atoms. The molecule has 0 radical (unpaired) electrons. The summed E-state index contributed by atoms with van der Waals surface area (Å²) in [6.07, 6.45) is 0.803. The van der Waals surface area contributed by atoms with Crippen LogP contribution in [0, 0.1) is 47.3 Å². The van der Waals surface area contributed by atoms with Crippen LogP contribution in [0.25, 0.3) is 0 Å². The quantitative estimate of drug-likeness (QED) is 0.0941. The zero-order chi connectivity index (χ0) is 68.3. The number of likely N-dealkylation sites (N-methyl/N-ethyl adjacent to an activating group) is 5. The Labute approximate surface area is 524 Å². The molecule has 25 heteroatoms. The highest BCUT2D eigenvalue weighted by Gasteiger charge is 2.48. The number of nitrogens with one attached hydrogen (secondary N) is 6. The molecule has 0 unspecified atom stereocenters. The van der Waals surface area contributed by atoms with E-state index in [9.17, 15) is 63.3 Å². The summed E-state index contributed by atoms with van der Waals surface area (Å²) < 4.78 is 0. The molecule has 0 aromatic heterocycles. The Morgan fingerprint density at radius 2 is 0.932 bits per heavy atom. The van der Waals surface area contributed by atoms with E-state index < -0.39 is 162 Å². The Kier molecular flexibility index (Phi) is 32.5. The molecule has 88 heavy (non-hydrogen) atoms. The SMILES string of the molecule is C/C=C/C[C@@H](C)[C@@H](O)[C@H]1C(=O)N[C@@H]([C@@H](C)O)C(=O)N(C)CC(=O)N[C@@H](CC(C)C)C(=O)N[C@@H](CC(C)C)C(=O)N(C)[C@H](CC(C)C)C(=O)N[C@@H](C)C(=O)N[C@](O)(C(C)C)C(=O)N(C)[C@@H](CC(C)C)C(=O)N[C@@H](CC(C)C)C(=O)N(C)[C@@H](C(C)C)C(=O)N1C. The molecule has 1 aliphatic rings. The smallest absolute Gasteiger partial charge is 0.276 e. The number of rotatable bonds is 17. The molecule has 0 bridgehead atoms. The number of hydrogen-bond acceptors (Lipinski definition) is 14. The normalized spacial score (nSPS) is 27.4. The van der Waals surface area contributed by atoms with Crippen LogP contribution < -0.4 is 31.9 Å². The van der Waals surface area contributed by atoms with Crippen molar-refractivity contribution in [3.63, 3.8) is 0 Å². The zero-order valence-electron chi connectivity index (χ0n) is 57.1. The number of hydrogen-bond donors (Lipinski definition) is 9. The third kappa shape index (κ3) is 23.0. The van der Waals surface area contributed by atoms with Crippen molar-refractivity contribution >= 4 is 65.0 Å². The molecule has 1 rings (SSSR count). The van der Waals surface area contributed by atoms with E-state index in [4.69, 9.17) is 0 Å². The lowest BCUT2D eigenvalue weighted by molar-refractivity contribution is -0.168. The van der Waals surface area contributed by atoms with Gasteiger partial charge in [0.05, 0.1) is 18.8 Å². The average molecular weight is 1250 g/mol. The van der Waals surface area contributed by atoms with Crippen LogP contribution in [0.2, 0.25) is 0 Å². The van der Waals surface area contributed by atoms with E-state index in [1.54, 1.807) is 67.5 Å². The number of nitrogens with zero attached hydrogens (tertiary/aromatic N) is 5. The van der Waals surface area contributed by atoms with Crippen LogP contribution >= 0.6 is 0 Å². The fraction of sp³-hybridized carbons (Fsp3) is 0.794. The van der Waals surface area contributed by atoms with E-state index in [1.807, 2.05) is 41.5 Å². The summed E-state index contributed by atoms with van der Waals surface area (Å²) in [5.41, 5.74) is -2.68. The summed E-state index contributed by atoms with van der Waals surface area (Å²) in [4.78, 5) is 165. The van der Waals surface area contributed by atoms with Crippen molar-refractivity contribution in [3.05, 3.63) is 12.2 Å². The summed E-state index contributed by atoms with van der Waals surface area (Å²) >= 11 is 0. The van der Waals surface area contributed by atoms with Crippen LogP contribution in [0.1, 0.15) is 163 Å². The zero-order valence-corrected chi connectivity index (χ0v) is 57.1. The van der Waals surface area contributed by atoms with Gasteiger partial charge in [-0.05, 0) is 101 Å². The van der Waals surface area contributed by atoms with Crippen molar-refractivity contribution in [1.29, 1.82) is 0 Å². The topological polar surface area (TPSA) is 337 Å². The van der Waals surface area contributed by atoms with Gasteiger partial charge in [-0.1, -0.05) is 116 Å². The van der Waals surface area contributed by atoms with Gasteiger partial charge in [0.15, 0.2) is 0 Å². The molecule has 0 aliphatic carbocycles. The average Bonchev–Trinajstić information content (AvgIpc) is 3.55. The fourth-order valence-corrected chi connectivity index (χ4v) is 10.7. The summed E-state index contributed by atoms with van der Waals surface area (Å²) in [5, 5.41) is 51.3. The highest BCUT2D eigenvalue weighted by Crippen LogP contribution is 2.25. The van der Waals surface area contributed by atoms with Crippen molar-refractivity contribution in [1.82, 2.24) is 56.4 Å². The molecule has 1 aliphatic heterocycles. The first-order valence-corrected chi connectivity index (χ1v) is 31.3. The Bertz CT molecular complexity index is 2410. The molecule has 1 fully saturated rings. The predicted octanol–water partition coefficient (Wildman–Crippen LogP) is 1.90. The number of aliphatic hydroxyl groups is 3. The second-order valence-corrected chi connectivity index (χ2v) is 27.2. The minimum Gasteiger partial charge on any atom is -0.391 e. The van der Waals surface area contributed by atoms with Gasteiger partial charge in [0.2, 0.25) is 64.8 Å². The van der Waals surface area contributed by atoms with Crippen LogP contribution in [0.15, 0.2) is 12.2 Å². The molecule has 0 aromatic rings. The molecule has 25 nitrogen and oxygen atoms in total. The molecule has 1 saturated heterocycles. The van der Waals surface area contributed by atoms with Gasteiger partial charge in [0, 0.05) is 41.2 Å². The molecule has 1 heterocycles. The van der Waals surface area contributed by atoms with Gasteiger partial charge < -0.3 is 71.7 Å². The second-order valence-electron chi connectivity index (χ2n) is 27.2. The van der Waals surface area contributed by atoms with Gasteiger partial charge in [0.25, 0.3) is 5.91 Å². The molecule has 13 atom stereocenters. The van der Waals surface area contributed by atoms with Crippen molar-refractivity contribution in [2.75, 3.05) is 41.8 Å². The van der Waals surface area contributed by atoms with E-state index >= 15 is 4.79 Å². The van der Waals surface area contributed by atoms with Crippen molar-refractivity contribution in [2.24, 2.45) is 47.3 Å². The van der Waals surface area contributed by atoms with Crippen LogP contribution in [-0.2, 0) is 52.7 Å². The third-order valence-electron chi connectivity index (χ3n) is 16.0. The minimum atomic E-state index is -2.68. The van der Waals surface area contributed by atoms with E-state index in [0.29, 0.717) is 0 Å². The summed E-state index contributed by atoms with van der Waals surface area (Å²) in [6, 6.07) is -12.7. The van der Waals surface area contributed by atoms with Gasteiger partial charge in [-0.3, -0.25) is 52.7 Å². The number of carbonyl (C=O) groups is 11. The lowest BCUT2D eigenvalue weighted by Gasteiger charge is -2.40. The molecule has 0 aromatic carbocycles. The maximum Gasteiger partial charge on any atom is 0.276 e. The van der Waals surface area contributed by atoms with Crippen LogP contribution in [0.4, 0.5) is 0 Å². The van der Waals surface area contributed by atoms with E-state index in [2.05, 4.69) is 31.9 Å². The van der Waals surface area contributed by atoms with Gasteiger partial charge in [-0.25, -0.2) is 0 Å². The first kappa shape index (κ1) is 79.8. The first-order valence-electron chi connectivity index (χ1n) is 31.3. The van der Waals surface area contributed by atoms with Gasteiger partial charge in [-0.15, -0.1) is 0 Å². The highest BCUT2D eigenvalue weighted by atomic mass is 16.3. The van der Waals surface area contributed by atoms with Crippen LogP contribution in [0.5, 0.6) is 0 Å². The predicted molar refractivity (Wildman–Crippen MR) is 336 cm³/mol. The monoisotopic (exact) mass is 1250 g/mol. The number of carbonyl (C=O) groups excluding carboxylic acids is 11. The Morgan fingerprint density at radius 3 is 1.38 bits per heavy atom. The number of aliphatic hydroxyl groups excluding tert-OH is 2. The molecule has 504 valence electrons. The maximum atomic E-state index is 15.1. The summed E-state index contributed by atoms with van der Waals surface area (Å²) in [5.74, 6) is -12.9. The maximum absolute atomic E-state index is 15.1. The van der Waals surface area contributed by atoms with Crippen LogP contribution in [-0.4, -0.2) is 219 Å². The lowest BCUT2D eigenvalue weighted by Crippen LogP contribution is -2.67. The second kappa shape index (κ2) is 35.8. The molecule has 0 saturated carbocycles. The first-order chi connectivity index (χ1) is 40.5. The molecular formula is C63H113N11O14. The fourth-order valence-electron chi connectivity index (χ4n) is 10.7. The van der Waals surface area contributed by atoms with E-state index in [0.717, 1.165) is 19.6 Å². The van der Waals surface area contributed by atoms with E-state index in [-0.39, 0.29) is 68.1 Å². The lowest BCUT2D eigenvalue weighted by atomic mass is 9.91. The summed E-state index contributed by atoms with van der Waals surface area (Å²) in [6.45, 7) is 29.6. The third-order valence-corrected chi connectivity index (χ3v) is 16.0. The number of allylic oxidation sites excluding steroid dienone is 2. The molecular weight excluding hydrogens is 1130 g/mol. The van der Waals surface area contributed by atoms with Crippen molar-refractivity contribution in [2.45, 2.75) is 235 Å².